The first-order chi connectivity index (χ1) is 7.97. The molecule has 1 aliphatic rings. The summed E-state index contributed by atoms with van der Waals surface area (Å²) in [6, 6.07) is -1.56. The van der Waals surface area contributed by atoms with E-state index in [0.29, 0.717) is 16.0 Å². The fraction of sp³-hybridized carbons (Fsp3) is 0.667. The SMILES string of the molecule is FC(F)(F)C1COCCN1Cc1ncc(Cl)s1. The van der Waals surface area contributed by atoms with Crippen molar-refractivity contribution in [2.75, 3.05) is 19.8 Å². The lowest BCUT2D eigenvalue weighted by Gasteiger charge is -2.35. The van der Waals surface area contributed by atoms with Crippen LogP contribution in [0, 0.1) is 0 Å². The van der Waals surface area contributed by atoms with Crippen molar-refractivity contribution < 1.29 is 17.9 Å². The molecule has 0 N–H and O–H groups in total. The molecule has 0 aliphatic carbocycles. The van der Waals surface area contributed by atoms with Crippen molar-refractivity contribution in [3.8, 4) is 0 Å². The normalized spacial score (nSPS) is 22.9. The lowest BCUT2D eigenvalue weighted by molar-refractivity contribution is -0.213. The Morgan fingerprint density at radius 2 is 2.35 bits per heavy atom. The second-order valence-electron chi connectivity index (χ2n) is 3.66. The summed E-state index contributed by atoms with van der Waals surface area (Å²) < 4.78 is 43.6. The van der Waals surface area contributed by atoms with Gasteiger partial charge in [0.05, 0.1) is 26.0 Å². The average Bonchev–Trinajstić information content (AvgIpc) is 2.63. The van der Waals surface area contributed by atoms with E-state index in [1.165, 1.54) is 22.4 Å². The first-order valence-electron chi connectivity index (χ1n) is 4.95. The Kier molecular flexibility index (Phi) is 3.92. The van der Waals surface area contributed by atoms with Crippen LogP contribution in [0.1, 0.15) is 5.01 Å². The van der Waals surface area contributed by atoms with Crippen molar-refractivity contribution >= 4 is 22.9 Å². The molecule has 2 rings (SSSR count). The van der Waals surface area contributed by atoms with Crippen LogP contribution in [0.2, 0.25) is 4.34 Å². The molecule has 1 saturated heterocycles. The number of aromatic nitrogens is 1. The third kappa shape index (κ3) is 3.31. The summed E-state index contributed by atoms with van der Waals surface area (Å²) in [4.78, 5) is 5.30. The molecule has 0 amide bonds. The highest BCUT2D eigenvalue weighted by atomic mass is 35.5. The zero-order chi connectivity index (χ0) is 12.5. The van der Waals surface area contributed by atoms with E-state index in [1.54, 1.807) is 0 Å². The van der Waals surface area contributed by atoms with Gasteiger partial charge in [-0.3, -0.25) is 4.90 Å². The number of halogens is 4. The number of morpholine rings is 1. The van der Waals surface area contributed by atoms with Gasteiger partial charge in [-0.15, -0.1) is 11.3 Å². The van der Waals surface area contributed by atoms with Crippen LogP contribution in [0.4, 0.5) is 13.2 Å². The molecule has 2 heterocycles. The summed E-state index contributed by atoms with van der Waals surface area (Å²) in [5.41, 5.74) is 0. The van der Waals surface area contributed by atoms with Gasteiger partial charge in [0.1, 0.15) is 15.4 Å². The van der Waals surface area contributed by atoms with Crippen molar-refractivity contribution in [1.82, 2.24) is 9.88 Å². The quantitative estimate of drug-likeness (QED) is 0.835. The van der Waals surface area contributed by atoms with Gasteiger partial charge in [0.2, 0.25) is 0 Å². The van der Waals surface area contributed by atoms with Crippen LogP contribution in [-0.4, -0.2) is 41.9 Å². The molecule has 1 aliphatic heterocycles. The van der Waals surface area contributed by atoms with Gasteiger partial charge in [0.15, 0.2) is 0 Å². The van der Waals surface area contributed by atoms with E-state index < -0.39 is 12.2 Å². The predicted octanol–water partition coefficient (Wildman–Crippen LogP) is 2.56. The number of ether oxygens (including phenoxy) is 1. The van der Waals surface area contributed by atoms with Crippen LogP contribution in [0.15, 0.2) is 6.20 Å². The summed E-state index contributed by atoms with van der Waals surface area (Å²) in [7, 11) is 0. The Labute approximate surface area is 105 Å². The molecule has 96 valence electrons. The summed E-state index contributed by atoms with van der Waals surface area (Å²) in [6.07, 6.45) is -2.83. The third-order valence-electron chi connectivity index (χ3n) is 2.48. The van der Waals surface area contributed by atoms with Crippen LogP contribution < -0.4 is 0 Å². The molecule has 1 unspecified atom stereocenters. The van der Waals surface area contributed by atoms with Gasteiger partial charge in [0, 0.05) is 6.54 Å². The summed E-state index contributed by atoms with van der Waals surface area (Å²) in [6.45, 7) is 0.403. The maximum absolute atomic E-state index is 12.7. The molecular weight excluding hydrogens is 277 g/mol. The molecule has 0 spiro atoms. The lowest BCUT2D eigenvalue weighted by Crippen LogP contribution is -2.52. The summed E-state index contributed by atoms with van der Waals surface area (Å²) in [5.74, 6) is 0. The zero-order valence-electron chi connectivity index (χ0n) is 8.71. The second-order valence-corrected chi connectivity index (χ2v) is 5.41. The highest BCUT2D eigenvalue weighted by Crippen LogP contribution is 2.29. The van der Waals surface area contributed by atoms with Crippen LogP contribution >= 0.6 is 22.9 Å². The van der Waals surface area contributed by atoms with Gasteiger partial charge in [-0.1, -0.05) is 11.6 Å². The molecule has 1 aromatic heterocycles. The Hall–Kier alpha value is -0.370. The molecule has 1 fully saturated rings. The fourth-order valence-corrected chi connectivity index (χ4v) is 2.65. The molecule has 0 aromatic carbocycles. The fourth-order valence-electron chi connectivity index (χ4n) is 1.66. The first-order valence-corrected chi connectivity index (χ1v) is 6.15. The summed E-state index contributed by atoms with van der Waals surface area (Å²) in [5, 5.41) is 0.589. The van der Waals surface area contributed by atoms with E-state index in [1.807, 2.05) is 0 Å². The maximum Gasteiger partial charge on any atom is 0.406 e. The number of hydrogen-bond acceptors (Lipinski definition) is 4. The molecule has 0 radical (unpaired) electrons. The number of thiazole rings is 1. The molecular formula is C9H10ClF3N2OS. The predicted molar refractivity (Wildman–Crippen MR) is 58.2 cm³/mol. The van der Waals surface area contributed by atoms with Crippen LogP contribution in [0.5, 0.6) is 0 Å². The van der Waals surface area contributed by atoms with Gasteiger partial charge in [-0.25, -0.2) is 4.98 Å². The third-order valence-corrected chi connectivity index (χ3v) is 3.58. The van der Waals surface area contributed by atoms with Crippen LogP contribution in [-0.2, 0) is 11.3 Å². The van der Waals surface area contributed by atoms with Crippen LogP contribution in [0.25, 0.3) is 0 Å². The summed E-state index contributed by atoms with van der Waals surface area (Å²) >= 11 is 6.89. The minimum absolute atomic E-state index is 0.158. The highest BCUT2D eigenvalue weighted by Gasteiger charge is 2.45. The van der Waals surface area contributed by atoms with Gasteiger partial charge >= 0.3 is 6.18 Å². The van der Waals surface area contributed by atoms with Crippen molar-refractivity contribution in [2.45, 2.75) is 18.8 Å². The van der Waals surface area contributed by atoms with Crippen molar-refractivity contribution in [2.24, 2.45) is 0 Å². The smallest absolute Gasteiger partial charge is 0.378 e. The minimum Gasteiger partial charge on any atom is -0.378 e. The van der Waals surface area contributed by atoms with Crippen molar-refractivity contribution in [3.05, 3.63) is 15.5 Å². The number of hydrogen-bond donors (Lipinski definition) is 0. The largest absolute Gasteiger partial charge is 0.406 e. The molecule has 0 saturated carbocycles. The molecule has 3 nitrogen and oxygen atoms in total. The van der Waals surface area contributed by atoms with Gasteiger partial charge in [-0.2, -0.15) is 13.2 Å². The highest BCUT2D eigenvalue weighted by molar-refractivity contribution is 7.15. The second kappa shape index (κ2) is 5.09. The van der Waals surface area contributed by atoms with Gasteiger partial charge < -0.3 is 4.74 Å². The Balaban J connectivity index is 2.06. The van der Waals surface area contributed by atoms with E-state index in [9.17, 15) is 13.2 Å². The van der Waals surface area contributed by atoms with E-state index in [4.69, 9.17) is 16.3 Å². The van der Waals surface area contributed by atoms with Gasteiger partial charge in [0.25, 0.3) is 0 Å². The topological polar surface area (TPSA) is 25.4 Å². The zero-order valence-corrected chi connectivity index (χ0v) is 10.3. The maximum atomic E-state index is 12.7. The van der Waals surface area contributed by atoms with Crippen molar-refractivity contribution in [1.29, 1.82) is 0 Å². The molecule has 1 aromatic rings. The molecule has 1 atom stereocenters. The van der Waals surface area contributed by atoms with Gasteiger partial charge in [-0.05, 0) is 0 Å². The Morgan fingerprint density at radius 3 is 2.94 bits per heavy atom. The average molecular weight is 287 g/mol. The number of rotatable bonds is 2. The Bertz CT molecular complexity index is 385. The Morgan fingerprint density at radius 1 is 1.59 bits per heavy atom. The lowest BCUT2D eigenvalue weighted by atomic mass is 10.2. The molecule has 17 heavy (non-hydrogen) atoms. The number of nitrogens with zero attached hydrogens (tertiary/aromatic N) is 2. The van der Waals surface area contributed by atoms with Crippen LogP contribution in [0.3, 0.4) is 0 Å². The number of alkyl halides is 3. The first kappa shape index (κ1) is 13.1. The monoisotopic (exact) mass is 286 g/mol. The van der Waals surface area contributed by atoms with E-state index in [2.05, 4.69) is 4.98 Å². The minimum atomic E-state index is -4.28. The standard InChI is InChI=1S/C9H10ClF3N2OS/c10-7-3-14-8(17-7)4-15-1-2-16-5-6(15)9(11,12)13/h3,6H,1-2,4-5H2. The van der Waals surface area contributed by atoms with E-state index >= 15 is 0 Å². The molecule has 0 bridgehead atoms. The van der Waals surface area contributed by atoms with E-state index in [0.717, 1.165) is 0 Å². The van der Waals surface area contributed by atoms with E-state index in [-0.39, 0.29) is 19.7 Å². The van der Waals surface area contributed by atoms with Crippen molar-refractivity contribution in [3.63, 3.8) is 0 Å². The molecule has 8 heteroatoms.